The number of benzene rings is 3. The summed E-state index contributed by atoms with van der Waals surface area (Å²) < 4.78 is 23.3. The first-order chi connectivity index (χ1) is 14.9. The molecular formula is C26H30O4. The van der Waals surface area contributed by atoms with E-state index >= 15 is 0 Å². The molecule has 0 aliphatic carbocycles. The quantitative estimate of drug-likeness (QED) is 0.214. The number of rotatable bonds is 12. The molecule has 0 N–H and O–H groups in total. The molecule has 3 aromatic rings. The minimum atomic E-state index is 0.500. The first-order valence-corrected chi connectivity index (χ1v) is 11.3. The van der Waals surface area contributed by atoms with Crippen molar-refractivity contribution >= 4 is 21.5 Å². The molecule has 5 rings (SSSR count). The molecule has 0 bridgehead atoms. The third-order valence-corrected chi connectivity index (χ3v) is 5.97. The molecule has 2 fully saturated rings. The van der Waals surface area contributed by atoms with E-state index in [9.17, 15) is 0 Å². The van der Waals surface area contributed by atoms with Gasteiger partial charge in [0.1, 0.15) is 11.5 Å². The van der Waals surface area contributed by atoms with Gasteiger partial charge < -0.3 is 18.9 Å². The van der Waals surface area contributed by atoms with Gasteiger partial charge in [-0.05, 0) is 38.5 Å². The number of ether oxygens (including phenoxy) is 4. The Balaban J connectivity index is 1.35. The Hall–Kier alpha value is -2.30. The molecule has 0 saturated carbocycles. The zero-order valence-corrected chi connectivity index (χ0v) is 17.5. The Morgan fingerprint density at radius 2 is 0.967 bits per heavy atom. The van der Waals surface area contributed by atoms with Crippen molar-refractivity contribution in [1.82, 2.24) is 0 Å². The Bertz CT molecular complexity index is 854. The summed E-state index contributed by atoms with van der Waals surface area (Å²) in [5.41, 5.74) is 0. The number of hydrogen-bond acceptors (Lipinski definition) is 4. The summed E-state index contributed by atoms with van der Waals surface area (Å²) in [4.78, 5) is 0. The van der Waals surface area contributed by atoms with Gasteiger partial charge in [-0.15, -0.1) is 0 Å². The number of unbranched alkanes of at least 4 members (excludes halogenated alkanes) is 2. The molecule has 2 aliphatic rings. The first-order valence-electron chi connectivity index (χ1n) is 11.3. The fourth-order valence-electron chi connectivity index (χ4n) is 4.13. The second-order valence-corrected chi connectivity index (χ2v) is 8.35. The predicted molar refractivity (Wildman–Crippen MR) is 120 cm³/mol. The van der Waals surface area contributed by atoms with E-state index in [-0.39, 0.29) is 0 Å². The topological polar surface area (TPSA) is 43.5 Å². The van der Waals surface area contributed by atoms with Crippen molar-refractivity contribution in [2.45, 2.75) is 50.7 Å². The summed E-state index contributed by atoms with van der Waals surface area (Å²) >= 11 is 0. The lowest BCUT2D eigenvalue weighted by molar-refractivity contribution is 0.301. The van der Waals surface area contributed by atoms with Crippen LogP contribution in [0.4, 0.5) is 0 Å². The van der Waals surface area contributed by atoms with Crippen molar-refractivity contribution in [2.24, 2.45) is 0 Å². The molecule has 0 amide bonds. The molecule has 0 spiro atoms. The third-order valence-electron chi connectivity index (χ3n) is 5.97. The van der Waals surface area contributed by atoms with Crippen LogP contribution >= 0.6 is 0 Å². The molecule has 0 aromatic heterocycles. The standard InChI is InChI=1S/C26H30O4/c1-2-12-22-21(11-1)25(27-15-7-5-9-19-17-29-19)23-13-3-4-14-24(23)26(22)28-16-8-6-10-20-18-30-20/h1-4,11-14,19-20H,5-10,15-18H2. The normalized spacial score (nSPS) is 19.9. The second-order valence-electron chi connectivity index (χ2n) is 8.35. The van der Waals surface area contributed by atoms with Crippen molar-refractivity contribution in [2.75, 3.05) is 26.4 Å². The van der Waals surface area contributed by atoms with Gasteiger partial charge in [-0.25, -0.2) is 0 Å². The molecule has 2 saturated heterocycles. The van der Waals surface area contributed by atoms with Crippen LogP contribution in [0.2, 0.25) is 0 Å². The van der Waals surface area contributed by atoms with Crippen LogP contribution < -0.4 is 9.47 Å². The fourth-order valence-corrected chi connectivity index (χ4v) is 4.13. The Labute approximate surface area is 178 Å². The molecule has 4 heteroatoms. The van der Waals surface area contributed by atoms with Gasteiger partial charge in [0.05, 0.1) is 38.6 Å². The van der Waals surface area contributed by atoms with E-state index in [1.165, 1.54) is 0 Å². The lowest BCUT2D eigenvalue weighted by Gasteiger charge is -2.18. The van der Waals surface area contributed by atoms with Gasteiger partial charge in [-0.1, -0.05) is 48.5 Å². The van der Waals surface area contributed by atoms with Crippen LogP contribution in [-0.2, 0) is 9.47 Å². The smallest absolute Gasteiger partial charge is 0.135 e. The van der Waals surface area contributed by atoms with Crippen LogP contribution in [0.25, 0.3) is 21.5 Å². The molecule has 158 valence electrons. The van der Waals surface area contributed by atoms with E-state index in [0.29, 0.717) is 12.2 Å². The number of hydrogen-bond donors (Lipinski definition) is 0. The first kappa shape index (κ1) is 19.7. The number of epoxide rings is 2. The molecular weight excluding hydrogens is 376 g/mol. The molecule has 0 radical (unpaired) electrons. The third kappa shape index (κ3) is 4.71. The molecule has 4 nitrogen and oxygen atoms in total. The minimum absolute atomic E-state index is 0.500. The monoisotopic (exact) mass is 406 g/mol. The Morgan fingerprint density at radius 1 is 0.600 bits per heavy atom. The summed E-state index contributed by atoms with van der Waals surface area (Å²) in [7, 11) is 0. The molecule has 2 unspecified atom stereocenters. The SMILES string of the molecule is c1ccc2c(OCCCCC3CO3)c3ccccc3c(OCCCCC3CO3)c2c1. The van der Waals surface area contributed by atoms with Crippen molar-refractivity contribution in [3.8, 4) is 11.5 Å². The zero-order valence-electron chi connectivity index (χ0n) is 17.5. The van der Waals surface area contributed by atoms with Crippen LogP contribution in [0.5, 0.6) is 11.5 Å². The van der Waals surface area contributed by atoms with E-state index in [4.69, 9.17) is 18.9 Å². The second kappa shape index (κ2) is 9.23. The highest BCUT2D eigenvalue weighted by Gasteiger charge is 2.22. The van der Waals surface area contributed by atoms with E-state index in [2.05, 4.69) is 48.5 Å². The molecule has 3 aromatic carbocycles. The summed E-state index contributed by atoms with van der Waals surface area (Å²) in [5, 5.41) is 4.51. The van der Waals surface area contributed by atoms with E-state index in [0.717, 1.165) is 98.0 Å². The molecule has 2 heterocycles. The lowest BCUT2D eigenvalue weighted by Crippen LogP contribution is -2.03. The van der Waals surface area contributed by atoms with Crippen LogP contribution in [0.1, 0.15) is 38.5 Å². The summed E-state index contributed by atoms with van der Waals surface area (Å²) in [6, 6.07) is 16.9. The highest BCUT2D eigenvalue weighted by molar-refractivity contribution is 6.11. The Kier molecular flexibility index (Phi) is 6.05. The highest BCUT2D eigenvalue weighted by atomic mass is 16.6. The predicted octanol–water partition coefficient (Wildman–Crippen LogP) is 5.89. The maximum atomic E-state index is 6.36. The largest absolute Gasteiger partial charge is 0.492 e. The lowest BCUT2D eigenvalue weighted by atomic mass is 10.0. The van der Waals surface area contributed by atoms with Gasteiger partial charge in [-0.3, -0.25) is 0 Å². The zero-order chi connectivity index (χ0) is 20.2. The van der Waals surface area contributed by atoms with Crippen molar-refractivity contribution in [3.63, 3.8) is 0 Å². The minimum Gasteiger partial charge on any atom is -0.492 e. The average Bonchev–Trinajstić information content (AvgIpc) is 3.69. The van der Waals surface area contributed by atoms with Gasteiger partial charge in [-0.2, -0.15) is 0 Å². The van der Waals surface area contributed by atoms with E-state index in [1.807, 2.05) is 0 Å². The molecule has 2 aliphatic heterocycles. The van der Waals surface area contributed by atoms with Crippen molar-refractivity contribution in [3.05, 3.63) is 48.5 Å². The maximum absolute atomic E-state index is 6.36. The van der Waals surface area contributed by atoms with Crippen molar-refractivity contribution < 1.29 is 18.9 Å². The summed E-state index contributed by atoms with van der Waals surface area (Å²) in [6.45, 7) is 3.33. The van der Waals surface area contributed by atoms with Crippen LogP contribution in [0.15, 0.2) is 48.5 Å². The van der Waals surface area contributed by atoms with Crippen LogP contribution in [0, 0.1) is 0 Å². The fraction of sp³-hybridized carbons (Fsp3) is 0.462. The van der Waals surface area contributed by atoms with Crippen LogP contribution in [-0.4, -0.2) is 38.6 Å². The maximum Gasteiger partial charge on any atom is 0.135 e. The van der Waals surface area contributed by atoms with Gasteiger partial charge >= 0.3 is 0 Å². The van der Waals surface area contributed by atoms with Crippen molar-refractivity contribution in [1.29, 1.82) is 0 Å². The molecule has 2 atom stereocenters. The summed E-state index contributed by atoms with van der Waals surface area (Å²) in [6.07, 6.45) is 7.67. The Morgan fingerprint density at radius 3 is 1.30 bits per heavy atom. The van der Waals surface area contributed by atoms with E-state index < -0.39 is 0 Å². The van der Waals surface area contributed by atoms with E-state index in [1.54, 1.807) is 0 Å². The average molecular weight is 407 g/mol. The molecule has 30 heavy (non-hydrogen) atoms. The number of fused-ring (bicyclic) bond motifs is 2. The van der Waals surface area contributed by atoms with Gasteiger partial charge in [0.15, 0.2) is 0 Å². The summed E-state index contributed by atoms with van der Waals surface area (Å²) in [5.74, 6) is 1.95. The van der Waals surface area contributed by atoms with Gasteiger partial charge in [0, 0.05) is 21.5 Å². The highest BCUT2D eigenvalue weighted by Crippen LogP contribution is 2.42. The van der Waals surface area contributed by atoms with Gasteiger partial charge in [0.2, 0.25) is 0 Å². The van der Waals surface area contributed by atoms with Gasteiger partial charge in [0.25, 0.3) is 0 Å². The van der Waals surface area contributed by atoms with Crippen LogP contribution in [0.3, 0.4) is 0 Å².